The van der Waals surface area contributed by atoms with E-state index in [0.717, 1.165) is 45.2 Å². The third-order valence-corrected chi connectivity index (χ3v) is 4.17. The van der Waals surface area contributed by atoms with Crippen molar-refractivity contribution in [2.45, 2.75) is 12.5 Å². The van der Waals surface area contributed by atoms with Gasteiger partial charge in [-0.2, -0.15) is 0 Å². The van der Waals surface area contributed by atoms with Crippen LogP contribution in [0.15, 0.2) is 35.3 Å². The topological polar surface area (TPSA) is 52.1 Å². The van der Waals surface area contributed by atoms with Gasteiger partial charge < -0.3 is 25.2 Å². The van der Waals surface area contributed by atoms with E-state index in [1.165, 1.54) is 5.56 Å². The van der Waals surface area contributed by atoms with Gasteiger partial charge in [0, 0.05) is 46.9 Å². The van der Waals surface area contributed by atoms with E-state index in [1.807, 2.05) is 13.1 Å². The van der Waals surface area contributed by atoms with E-state index >= 15 is 0 Å². The molecule has 142 valence electrons. The summed E-state index contributed by atoms with van der Waals surface area (Å²) in [5.74, 6) is 0.841. The van der Waals surface area contributed by atoms with Gasteiger partial charge >= 0.3 is 0 Å². The predicted molar refractivity (Wildman–Crippen MR) is 106 cm³/mol. The number of likely N-dealkylation sites (N-methyl/N-ethyl adjacent to an activating group) is 2. The normalized spacial score (nSPS) is 13.3. The molecule has 0 spiro atoms. The van der Waals surface area contributed by atoms with Crippen LogP contribution in [-0.4, -0.2) is 83.8 Å². The monoisotopic (exact) mass is 349 g/mol. The fraction of sp³-hybridized carbons (Fsp3) is 0.632. The third-order valence-electron chi connectivity index (χ3n) is 4.17. The average molecular weight is 350 g/mol. The molecule has 0 fully saturated rings. The van der Waals surface area contributed by atoms with Crippen LogP contribution in [-0.2, 0) is 4.74 Å². The van der Waals surface area contributed by atoms with Gasteiger partial charge in [0.05, 0.1) is 6.04 Å². The Balaban J connectivity index is 2.37. The number of benzene rings is 1. The Labute approximate surface area is 153 Å². The number of rotatable bonds is 11. The summed E-state index contributed by atoms with van der Waals surface area (Å²) >= 11 is 0. The van der Waals surface area contributed by atoms with Gasteiger partial charge in [0.15, 0.2) is 5.96 Å². The van der Waals surface area contributed by atoms with E-state index in [1.54, 1.807) is 7.11 Å². The number of hydrogen-bond donors (Lipinski definition) is 2. The standard InChI is InChI=1S/C19H35N5O/c1-20-19(21-12-14-24(4)13-9-15-25-5)22-16-18(23(2)3)17-10-7-6-8-11-17/h6-8,10-11,18H,9,12-16H2,1-5H3,(H2,20,21,22). The molecule has 0 bridgehead atoms. The lowest BCUT2D eigenvalue weighted by Crippen LogP contribution is -2.44. The molecule has 0 saturated carbocycles. The highest BCUT2D eigenvalue weighted by atomic mass is 16.5. The lowest BCUT2D eigenvalue weighted by Gasteiger charge is -2.26. The summed E-state index contributed by atoms with van der Waals surface area (Å²) in [5, 5.41) is 6.82. The number of nitrogens with one attached hydrogen (secondary N) is 2. The van der Waals surface area contributed by atoms with Gasteiger partial charge in [-0.3, -0.25) is 4.99 Å². The third kappa shape index (κ3) is 8.86. The Hall–Kier alpha value is -1.63. The number of ether oxygens (including phenoxy) is 1. The maximum absolute atomic E-state index is 5.09. The van der Waals surface area contributed by atoms with Gasteiger partial charge in [-0.1, -0.05) is 30.3 Å². The van der Waals surface area contributed by atoms with Crippen molar-refractivity contribution in [1.82, 2.24) is 20.4 Å². The molecule has 1 atom stereocenters. The molecule has 1 rings (SSSR count). The molecule has 2 N–H and O–H groups in total. The maximum atomic E-state index is 5.09. The Morgan fingerprint density at radius 2 is 1.84 bits per heavy atom. The minimum Gasteiger partial charge on any atom is -0.385 e. The number of nitrogens with zero attached hydrogens (tertiary/aromatic N) is 3. The number of aliphatic imine (C=N–C) groups is 1. The zero-order valence-corrected chi connectivity index (χ0v) is 16.5. The summed E-state index contributed by atoms with van der Waals surface area (Å²) in [6.07, 6.45) is 1.06. The lowest BCUT2D eigenvalue weighted by atomic mass is 10.1. The lowest BCUT2D eigenvalue weighted by molar-refractivity contribution is 0.180. The molecule has 0 aliphatic heterocycles. The zero-order valence-electron chi connectivity index (χ0n) is 16.5. The maximum Gasteiger partial charge on any atom is 0.191 e. The molecule has 0 radical (unpaired) electrons. The molecule has 6 heteroatoms. The summed E-state index contributed by atoms with van der Waals surface area (Å²) in [6, 6.07) is 10.8. The van der Waals surface area contributed by atoms with Crippen molar-refractivity contribution in [2.24, 2.45) is 4.99 Å². The average Bonchev–Trinajstić information content (AvgIpc) is 2.61. The first-order valence-corrected chi connectivity index (χ1v) is 8.91. The molecule has 0 aliphatic rings. The first-order valence-electron chi connectivity index (χ1n) is 8.91. The summed E-state index contributed by atoms with van der Waals surface area (Å²) in [6.45, 7) is 4.49. The van der Waals surface area contributed by atoms with Crippen LogP contribution in [0.4, 0.5) is 0 Å². The molecule has 6 nitrogen and oxygen atoms in total. The van der Waals surface area contributed by atoms with E-state index in [0.29, 0.717) is 6.04 Å². The Kier molecular flexibility index (Phi) is 10.9. The van der Waals surface area contributed by atoms with Crippen LogP contribution < -0.4 is 10.6 Å². The first kappa shape index (κ1) is 21.4. The molecule has 1 aromatic rings. The zero-order chi connectivity index (χ0) is 18.5. The van der Waals surface area contributed by atoms with Crippen molar-refractivity contribution in [3.8, 4) is 0 Å². The molecule has 25 heavy (non-hydrogen) atoms. The van der Waals surface area contributed by atoms with Gasteiger partial charge in [-0.15, -0.1) is 0 Å². The van der Waals surface area contributed by atoms with Gasteiger partial charge in [0.25, 0.3) is 0 Å². The van der Waals surface area contributed by atoms with Crippen molar-refractivity contribution in [3.63, 3.8) is 0 Å². The minimum absolute atomic E-state index is 0.302. The highest BCUT2D eigenvalue weighted by Gasteiger charge is 2.14. The fourth-order valence-corrected chi connectivity index (χ4v) is 2.64. The SMILES string of the molecule is CN=C(NCCN(C)CCCOC)NCC(c1ccccc1)N(C)C. The Morgan fingerprint density at radius 1 is 1.12 bits per heavy atom. The molecule has 0 saturated heterocycles. The smallest absolute Gasteiger partial charge is 0.191 e. The summed E-state index contributed by atoms with van der Waals surface area (Å²) in [5.41, 5.74) is 1.30. The van der Waals surface area contributed by atoms with Gasteiger partial charge in [0.2, 0.25) is 0 Å². The van der Waals surface area contributed by atoms with E-state index in [4.69, 9.17) is 4.74 Å². The number of methoxy groups -OCH3 is 1. The molecular weight excluding hydrogens is 314 g/mol. The van der Waals surface area contributed by atoms with Crippen LogP contribution in [0.3, 0.4) is 0 Å². The van der Waals surface area contributed by atoms with E-state index in [2.05, 4.69) is 70.8 Å². The highest BCUT2D eigenvalue weighted by Crippen LogP contribution is 2.16. The van der Waals surface area contributed by atoms with Gasteiger partial charge in [-0.05, 0) is 33.1 Å². The van der Waals surface area contributed by atoms with Crippen molar-refractivity contribution in [3.05, 3.63) is 35.9 Å². The van der Waals surface area contributed by atoms with Crippen LogP contribution in [0.2, 0.25) is 0 Å². The second-order valence-corrected chi connectivity index (χ2v) is 6.42. The van der Waals surface area contributed by atoms with E-state index in [-0.39, 0.29) is 0 Å². The van der Waals surface area contributed by atoms with Crippen molar-refractivity contribution >= 4 is 5.96 Å². The molecule has 0 aromatic heterocycles. The van der Waals surface area contributed by atoms with E-state index in [9.17, 15) is 0 Å². The van der Waals surface area contributed by atoms with Gasteiger partial charge in [0.1, 0.15) is 0 Å². The predicted octanol–water partition coefficient (Wildman–Crippen LogP) is 1.42. The van der Waals surface area contributed by atoms with Gasteiger partial charge in [-0.25, -0.2) is 0 Å². The Morgan fingerprint density at radius 3 is 2.44 bits per heavy atom. The van der Waals surface area contributed by atoms with Crippen LogP contribution in [0.25, 0.3) is 0 Å². The quantitative estimate of drug-likeness (QED) is 0.360. The second-order valence-electron chi connectivity index (χ2n) is 6.42. The number of hydrogen-bond acceptors (Lipinski definition) is 4. The van der Waals surface area contributed by atoms with Crippen LogP contribution in [0.5, 0.6) is 0 Å². The van der Waals surface area contributed by atoms with Crippen LogP contribution >= 0.6 is 0 Å². The first-order chi connectivity index (χ1) is 12.1. The molecule has 1 unspecified atom stereocenters. The summed E-state index contributed by atoms with van der Waals surface area (Å²) < 4.78 is 5.09. The largest absolute Gasteiger partial charge is 0.385 e. The highest BCUT2D eigenvalue weighted by molar-refractivity contribution is 5.79. The second kappa shape index (κ2) is 12.7. The molecule has 1 aromatic carbocycles. The van der Waals surface area contributed by atoms with Crippen molar-refractivity contribution in [1.29, 1.82) is 0 Å². The van der Waals surface area contributed by atoms with Crippen LogP contribution in [0, 0.1) is 0 Å². The molecular formula is C19H35N5O. The van der Waals surface area contributed by atoms with Crippen molar-refractivity contribution < 1.29 is 4.74 Å². The summed E-state index contributed by atoms with van der Waals surface area (Å²) in [7, 11) is 9.89. The van der Waals surface area contributed by atoms with Crippen LogP contribution in [0.1, 0.15) is 18.0 Å². The molecule has 0 aliphatic carbocycles. The summed E-state index contributed by atoms with van der Waals surface area (Å²) in [4.78, 5) is 8.84. The van der Waals surface area contributed by atoms with Crippen molar-refractivity contribution in [2.75, 3.05) is 68.1 Å². The molecule has 0 amide bonds. The fourth-order valence-electron chi connectivity index (χ4n) is 2.64. The Bertz CT molecular complexity index is 478. The molecule has 0 heterocycles. The number of guanidine groups is 1. The minimum atomic E-state index is 0.302. The van der Waals surface area contributed by atoms with E-state index < -0.39 is 0 Å².